The molecule has 0 N–H and O–H groups in total. The lowest BCUT2D eigenvalue weighted by molar-refractivity contribution is 0.590. The number of hydrogen-bond acceptors (Lipinski definition) is 2. The van der Waals surface area contributed by atoms with Crippen molar-refractivity contribution in [2.24, 2.45) is 0 Å². The molecule has 12 aromatic rings. The molecule has 0 amide bonds. The van der Waals surface area contributed by atoms with Crippen molar-refractivity contribution in [3.05, 3.63) is 317 Å². The first kappa shape index (κ1) is 58.7. The molecule has 450 valence electrons. The first-order chi connectivity index (χ1) is 44.2. The molecule has 3 heteroatoms. The van der Waals surface area contributed by atoms with Crippen LogP contribution in [0.15, 0.2) is 273 Å². The molecule has 0 aromatic heterocycles. The number of anilines is 6. The van der Waals surface area contributed by atoms with Crippen molar-refractivity contribution in [3.8, 4) is 55.6 Å². The Morgan fingerprint density at radius 2 is 0.565 bits per heavy atom. The maximum atomic E-state index is 2.75. The van der Waals surface area contributed by atoms with Crippen molar-refractivity contribution in [3.63, 3.8) is 0 Å². The van der Waals surface area contributed by atoms with Crippen LogP contribution in [0.3, 0.4) is 0 Å². The lowest BCUT2D eigenvalue weighted by Crippen LogP contribution is -2.62. The van der Waals surface area contributed by atoms with E-state index in [0.717, 1.165) is 11.4 Å². The zero-order valence-electron chi connectivity index (χ0n) is 55.5. The van der Waals surface area contributed by atoms with Crippen molar-refractivity contribution in [2.75, 3.05) is 9.80 Å². The van der Waals surface area contributed by atoms with E-state index in [0.29, 0.717) is 0 Å². The Hall–Kier alpha value is -9.70. The number of fused-ring (bicyclic) bond motifs is 7. The van der Waals surface area contributed by atoms with Crippen LogP contribution in [0.5, 0.6) is 0 Å². The van der Waals surface area contributed by atoms with E-state index < -0.39 is 5.41 Å². The molecule has 1 aliphatic carbocycles. The summed E-state index contributed by atoms with van der Waals surface area (Å²) in [6.45, 7) is 28.2. The second-order valence-electron chi connectivity index (χ2n) is 30.1. The van der Waals surface area contributed by atoms with E-state index in [4.69, 9.17) is 0 Å². The SMILES string of the molecule is CC(C)(C)c1ccc2c(c1)B1c3cc(C(C)(C)C)ccc3N(c3c(-c4ccccc4)cc(C(C)(C)C)cc3-c3ccccc3)c3cc(C4(c5ccccc5)c5ccccc5-c5ccccc54)cc(c31)N2c1c(-c2ccccc2)cc(C(C)(C)C)cc1-c1ccccc1. The van der Waals surface area contributed by atoms with Gasteiger partial charge in [0.25, 0.3) is 6.71 Å². The van der Waals surface area contributed by atoms with Crippen LogP contribution in [0.1, 0.15) is 128 Å². The molecule has 0 bridgehead atoms. The summed E-state index contributed by atoms with van der Waals surface area (Å²) >= 11 is 0. The van der Waals surface area contributed by atoms with Crippen LogP contribution < -0.4 is 26.2 Å². The largest absolute Gasteiger partial charge is 0.310 e. The molecule has 0 spiro atoms. The van der Waals surface area contributed by atoms with Gasteiger partial charge in [-0.25, -0.2) is 0 Å². The van der Waals surface area contributed by atoms with Crippen LogP contribution >= 0.6 is 0 Å². The molecule has 2 nitrogen and oxygen atoms in total. The molecule has 92 heavy (non-hydrogen) atoms. The van der Waals surface area contributed by atoms with E-state index in [1.54, 1.807) is 0 Å². The first-order valence-electron chi connectivity index (χ1n) is 33.1. The maximum Gasteiger partial charge on any atom is 0.252 e. The normalized spacial score (nSPS) is 13.9. The highest BCUT2D eigenvalue weighted by molar-refractivity contribution is 7.00. The van der Waals surface area contributed by atoms with E-state index >= 15 is 0 Å². The summed E-state index contributed by atoms with van der Waals surface area (Å²) < 4.78 is 0. The molecule has 12 aromatic carbocycles. The second-order valence-corrected chi connectivity index (χ2v) is 30.1. The molecule has 3 aliphatic rings. The van der Waals surface area contributed by atoms with Gasteiger partial charge in [-0.3, -0.25) is 0 Å². The Labute approximate surface area is 547 Å². The quantitative estimate of drug-likeness (QED) is 0.140. The summed E-state index contributed by atoms with van der Waals surface area (Å²) in [5.74, 6) is 0. The Morgan fingerprint density at radius 3 is 0.891 bits per heavy atom. The summed E-state index contributed by atoms with van der Waals surface area (Å²) in [4.78, 5) is 5.50. The average molecular weight is 1190 g/mol. The minimum absolute atomic E-state index is 0.155. The number of rotatable bonds is 8. The molecule has 0 fully saturated rings. The van der Waals surface area contributed by atoms with Crippen LogP contribution in [-0.4, -0.2) is 6.71 Å². The van der Waals surface area contributed by atoms with E-state index in [1.807, 2.05) is 0 Å². The van der Waals surface area contributed by atoms with Gasteiger partial charge < -0.3 is 9.80 Å². The number of nitrogens with zero attached hydrogens (tertiary/aromatic N) is 2. The van der Waals surface area contributed by atoms with Crippen molar-refractivity contribution in [1.29, 1.82) is 0 Å². The van der Waals surface area contributed by atoms with Crippen LogP contribution in [0.2, 0.25) is 0 Å². The third kappa shape index (κ3) is 9.52. The predicted octanol–water partition coefficient (Wildman–Crippen LogP) is 22.0. The fourth-order valence-electron chi connectivity index (χ4n) is 15.3. The fourth-order valence-corrected chi connectivity index (χ4v) is 15.3. The Balaban J connectivity index is 1.21. The summed E-state index contributed by atoms with van der Waals surface area (Å²) in [6, 6.07) is 105. The molecule has 0 saturated carbocycles. The Bertz CT molecular complexity index is 4420. The second kappa shape index (κ2) is 21.7. The molecule has 2 heterocycles. The molecule has 2 aliphatic heterocycles. The van der Waals surface area contributed by atoms with Crippen LogP contribution in [0.25, 0.3) is 55.6 Å². The van der Waals surface area contributed by atoms with Gasteiger partial charge in [-0.05, 0) is 164 Å². The summed E-state index contributed by atoms with van der Waals surface area (Å²) in [5, 5.41) is 0. The molecule has 0 unspecified atom stereocenters. The van der Waals surface area contributed by atoms with Gasteiger partial charge in [0, 0.05) is 45.0 Å². The average Bonchev–Trinajstić information content (AvgIpc) is 1.02. The molecule has 15 rings (SSSR count). The number of hydrogen-bond donors (Lipinski definition) is 0. The predicted molar refractivity (Wildman–Crippen MR) is 394 cm³/mol. The van der Waals surface area contributed by atoms with Gasteiger partial charge >= 0.3 is 0 Å². The smallest absolute Gasteiger partial charge is 0.252 e. The van der Waals surface area contributed by atoms with Gasteiger partial charge in [-0.2, -0.15) is 0 Å². The summed E-state index contributed by atoms with van der Waals surface area (Å²) in [6.07, 6.45) is 0. The highest BCUT2D eigenvalue weighted by Crippen LogP contribution is 2.60. The minimum Gasteiger partial charge on any atom is -0.310 e. The van der Waals surface area contributed by atoms with Crippen LogP contribution in [0.4, 0.5) is 34.1 Å². The fraction of sp³-hybridized carbons (Fsp3) is 0.191. The monoisotopic (exact) mass is 1190 g/mol. The summed E-state index contributed by atoms with van der Waals surface area (Å²) in [5.41, 5.74) is 31.6. The third-order valence-electron chi connectivity index (χ3n) is 20.1. The highest BCUT2D eigenvalue weighted by atomic mass is 15.2. The lowest BCUT2D eigenvalue weighted by atomic mass is 9.33. The van der Waals surface area contributed by atoms with Crippen LogP contribution in [0, 0.1) is 0 Å². The zero-order chi connectivity index (χ0) is 63.6. The maximum absolute atomic E-state index is 2.75. The van der Waals surface area contributed by atoms with Gasteiger partial charge in [0.2, 0.25) is 0 Å². The molecule has 0 saturated heterocycles. The van der Waals surface area contributed by atoms with Crippen molar-refractivity contribution in [2.45, 2.75) is 110 Å². The standard InChI is InChI=1S/C89H81BN2/c1-85(2,3)63-46-48-78-76(54-63)90-77-55-64(86(4,5)6)47-49-79(77)92(84-72(60-36-22-15-23-37-60)52-66(88(10,11)12)53-73(84)61-38-24-16-25-39-61)81-57-67(89(62-40-26-17-27-41-62)74-44-30-28-42-68(74)69-43-29-31-45-75(69)89)56-80(82(81)90)91(78)83-70(58-32-18-13-19-33-58)50-65(87(7,8)9)51-71(83)59-34-20-14-21-35-59/h13-57H,1-12H3. The van der Waals surface area contributed by atoms with Gasteiger partial charge in [-0.1, -0.05) is 308 Å². The summed E-state index contributed by atoms with van der Waals surface area (Å²) in [7, 11) is 0. The van der Waals surface area contributed by atoms with E-state index in [1.165, 1.54) is 139 Å². The lowest BCUT2D eigenvalue weighted by Gasteiger charge is -2.47. The molecule has 0 radical (unpaired) electrons. The van der Waals surface area contributed by atoms with Crippen molar-refractivity contribution < 1.29 is 0 Å². The van der Waals surface area contributed by atoms with Gasteiger partial charge in [0.1, 0.15) is 0 Å². The van der Waals surface area contributed by atoms with Crippen molar-refractivity contribution in [1.82, 2.24) is 0 Å². The zero-order valence-corrected chi connectivity index (χ0v) is 55.5. The minimum atomic E-state index is -0.763. The van der Waals surface area contributed by atoms with E-state index in [-0.39, 0.29) is 28.4 Å². The Morgan fingerprint density at radius 1 is 0.261 bits per heavy atom. The topological polar surface area (TPSA) is 6.48 Å². The van der Waals surface area contributed by atoms with Gasteiger partial charge in [0.05, 0.1) is 16.8 Å². The third-order valence-corrected chi connectivity index (χ3v) is 20.1. The first-order valence-corrected chi connectivity index (χ1v) is 33.1. The number of benzene rings is 12. The van der Waals surface area contributed by atoms with E-state index in [9.17, 15) is 0 Å². The van der Waals surface area contributed by atoms with E-state index in [2.05, 4.69) is 366 Å². The van der Waals surface area contributed by atoms with Crippen LogP contribution in [-0.2, 0) is 27.1 Å². The Kier molecular flexibility index (Phi) is 13.9. The molecular weight excluding hydrogens is 1110 g/mol. The molecular formula is C89H81BN2. The van der Waals surface area contributed by atoms with Gasteiger partial charge in [0.15, 0.2) is 0 Å². The highest BCUT2D eigenvalue weighted by Gasteiger charge is 2.51. The molecule has 0 atom stereocenters. The van der Waals surface area contributed by atoms with Gasteiger partial charge in [-0.15, -0.1) is 0 Å². The van der Waals surface area contributed by atoms with Crippen molar-refractivity contribution >= 4 is 57.2 Å².